The predicted molar refractivity (Wildman–Crippen MR) is 74.5 cm³/mol. The highest BCUT2D eigenvalue weighted by Crippen LogP contribution is 2.32. The Balaban J connectivity index is 2.39. The van der Waals surface area contributed by atoms with Crippen LogP contribution in [0.15, 0.2) is 28.7 Å². The normalized spacial score (nSPS) is 11.5. The first-order chi connectivity index (χ1) is 9.25. The molecule has 0 bridgehead atoms. The zero-order valence-corrected chi connectivity index (χ0v) is 12.6. The van der Waals surface area contributed by atoms with Crippen LogP contribution in [0.5, 0.6) is 0 Å². The van der Waals surface area contributed by atoms with E-state index >= 15 is 0 Å². The summed E-state index contributed by atoms with van der Waals surface area (Å²) in [6.45, 7) is 0. The van der Waals surface area contributed by atoms with Crippen LogP contribution >= 0.6 is 39.1 Å². The number of rotatable bonds is 2. The number of anilines is 2. The summed E-state index contributed by atoms with van der Waals surface area (Å²) >= 11 is 14.7. The monoisotopic (exact) mass is 385 g/mol. The molecule has 20 heavy (non-hydrogen) atoms. The lowest BCUT2D eigenvalue weighted by Crippen LogP contribution is -2.10. The van der Waals surface area contributed by atoms with E-state index < -0.39 is 17.2 Å². The number of hydrogen-bond acceptors (Lipinski definition) is 3. The number of benzene rings is 1. The van der Waals surface area contributed by atoms with E-state index in [1.54, 1.807) is 18.2 Å². The minimum absolute atomic E-state index is 0.0997. The van der Waals surface area contributed by atoms with Gasteiger partial charge in [0.1, 0.15) is 5.82 Å². The first-order valence-corrected chi connectivity index (χ1v) is 6.64. The van der Waals surface area contributed by atoms with E-state index in [-0.39, 0.29) is 5.82 Å². The Morgan fingerprint density at radius 3 is 2.45 bits per heavy atom. The van der Waals surface area contributed by atoms with Crippen LogP contribution in [-0.4, -0.2) is 9.97 Å². The standard InChI is InChI=1S/C11H5BrCl2F3N3/c12-5-1-2-6(13)7(3-5)18-9-4-8(11(15,16)17)19-10(14)20-9/h1-4H,(H,18,19,20). The van der Waals surface area contributed by atoms with Crippen LogP contribution in [0.25, 0.3) is 0 Å². The lowest BCUT2D eigenvalue weighted by molar-refractivity contribution is -0.141. The van der Waals surface area contributed by atoms with Gasteiger partial charge in [-0.1, -0.05) is 27.5 Å². The summed E-state index contributed by atoms with van der Waals surface area (Å²) in [6, 6.07) is 5.64. The van der Waals surface area contributed by atoms with E-state index in [2.05, 4.69) is 31.2 Å². The first kappa shape index (κ1) is 15.3. The van der Waals surface area contributed by atoms with Crippen LogP contribution in [0.1, 0.15) is 5.69 Å². The molecule has 0 aliphatic rings. The van der Waals surface area contributed by atoms with Gasteiger partial charge in [0, 0.05) is 10.5 Å². The van der Waals surface area contributed by atoms with Gasteiger partial charge in [-0.25, -0.2) is 9.97 Å². The van der Waals surface area contributed by atoms with Crippen molar-refractivity contribution in [2.45, 2.75) is 6.18 Å². The Morgan fingerprint density at radius 1 is 1.10 bits per heavy atom. The molecule has 0 amide bonds. The molecule has 0 spiro atoms. The highest BCUT2D eigenvalue weighted by Gasteiger charge is 2.33. The summed E-state index contributed by atoms with van der Waals surface area (Å²) in [6.07, 6.45) is -4.61. The van der Waals surface area contributed by atoms with E-state index in [0.717, 1.165) is 6.07 Å². The largest absolute Gasteiger partial charge is 0.433 e. The van der Waals surface area contributed by atoms with Crippen molar-refractivity contribution in [1.29, 1.82) is 0 Å². The molecule has 2 rings (SSSR count). The Bertz CT molecular complexity index is 649. The van der Waals surface area contributed by atoms with Gasteiger partial charge >= 0.3 is 6.18 Å². The van der Waals surface area contributed by atoms with Crippen molar-refractivity contribution in [1.82, 2.24) is 9.97 Å². The van der Waals surface area contributed by atoms with Crippen molar-refractivity contribution in [3.63, 3.8) is 0 Å². The van der Waals surface area contributed by atoms with Crippen molar-refractivity contribution < 1.29 is 13.2 Å². The van der Waals surface area contributed by atoms with Gasteiger partial charge in [-0.3, -0.25) is 0 Å². The number of alkyl halides is 3. The number of nitrogens with zero attached hydrogens (tertiary/aromatic N) is 2. The van der Waals surface area contributed by atoms with E-state index in [9.17, 15) is 13.2 Å². The minimum Gasteiger partial charge on any atom is -0.339 e. The smallest absolute Gasteiger partial charge is 0.339 e. The number of nitrogens with one attached hydrogen (secondary N) is 1. The Morgan fingerprint density at radius 2 is 1.80 bits per heavy atom. The molecule has 106 valence electrons. The zero-order valence-electron chi connectivity index (χ0n) is 9.47. The molecule has 3 nitrogen and oxygen atoms in total. The van der Waals surface area contributed by atoms with Crippen LogP contribution < -0.4 is 5.32 Å². The lowest BCUT2D eigenvalue weighted by atomic mass is 10.3. The fourth-order valence-corrected chi connectivity index (χ4v) is 2.07. The summed E-state index contributed by atoms with van der Waals surface area (Å²) in [5.41, 5.74) is -0.741. The molecule has 1 aromatic heterocycles. The average Bonchev–Trinajstić information content (AvgIpc) is 2.32. The van der Waals surface area contributed by atoms with E-state index in [0.29, 0.717) is 15.2 Å². The lowest BCUT2D eigenvalue weighted by Gasteiger charge is -2.11. The molecule has 0 aliphatic carbocycles. The number of aromatic nitrogens is 2. The highest BCUT2D eigenvalue weighted by atomic mass is 79.9. The Kier molecular flexibility index (Phi) is 4.41. The number of hydrogen-bond donors (Lipinski definition) is 1. The van der Waals surface area contributed by atoms with Gasteiger partial charge in [0.05, 0.1) is 10.7 Å². The molecule has 0 saturated carbocycles. The fraction of sp³-hybridized carbons (Fsp3) is 0.0909. The Hall–Kier alpha value is -1.05. The van der Waals surface area contributed by atoms with Gasteiger partial charge in [-0.15, -0.1) is 0 Å². The molecule has 2 aromatic rings. The molecule has 0 atom stereocenters. The SMILES string of the molecule is FC(F)(F)c1cc(Nc2cc(Br)ccc2Cl)nc(Cl)n1. The van der Waals surface area contributed by atoms with Gasteiger partial charge < -0.3 is 5.32 Å². The summed E-state index contributed by atoms with van der Waals surface area (Å²) in [5.74, 6) is -0.0997. The minimum atomic E-state index is -4.61. The zero-order chi connectivity index (χ0) is 14.9. The third-order valence-electron chi connectivity index (χ3n) is 2.18. The Labute approximate surface area is 130 Å². The van der Waals surface area contributed by atoms with Gasteiger partial charge in [0.15, 0.2) is 5.69 Å². The molecule has 0 saturated heterocycles. The number of halogens is 6. The second-order valence-electron chi connectivity index (χ2n) is 3.65. The maximum atomic E-state index is 12.6. The molecule has 1 N–H and O–H groups in total. The molecule has 1 aromatic carbocycles. The van der Waals surface area contributed by atoms with Crippen LogP contribution in [0.2, 0.25) is 10.3 Å². The second kappa shape index (κ2) is 5.75. The van der Waals surface area contributed by atoms with E-state index in [4.69, 9.17) is 23.2 Å². The van der Waals surface area contributed by atoms with Crippen LogP contribution in [0.4, 0.5) is 24.7 Å². The van der Waals surface area contributed by atoms with Gasteiger partial charge in [-0.2, -0.15) is 13.2 Å². The molecule has 0 radical (unpaired) electrons. The van der Waals surface area contributed by atoms with E-state index in [1.165, 1.54) is 0 Å². The van der Waals surface area contributed by atoms with Gasteiger partial charge in [0.25, 0.3) is 0 Å². The third-order valence-corrected chi connectivity index (χ3v) is 3.17. The highest BCUT2D eigenvalue weighted by molar-refractivity contribution is 9.10. The summed E-state index contributed by atoms with van der Waals surface area (Å²) in [4.78, 5) is 6.82. The molecular formula is C11H5BrCl2F3N3. The van der Waals surface area contributed by atoms with Crippen molar-refractivity contribution in [2.75, 3.05) is 5.32 Å². The van der Waals surface area contributed by atoms with E-state index in [1.807, 2.05) is 0 Å². The van der Waals surface area contributed by atoms with Gasteiger partial charge in [0.2, 0.25) is 5.28 Å². The molecule has 0 aliphatic heterocycles. The molecule has 0 unspecified atom stereocenters. The van der Waals surface area contributed by atoms with Gasteiger partial charge in [-0.05, 0) is 29.8 Å². The fourth-order valence-electron chi connectivity index (χ4n) is 1.36. The third kappa shape index (κ3) is 3.74. The second-order valence-corrected chi connectivity index (χ2v) is 5.32. The maximum Gasteiger partial charge on any atom is 0.433 e. The topological polar surface area (TPSA) is 37.8 Å². The summed E-state index contributed by atoms with van der Waals surface area (Å²) in [7, 11) is 0. The predicted octanol–water partition coefficient (Wildman–Crippen LogP) is 5.31. The van der Waals surface area contributed by atoms with Crippen LogP contribution in [0, 0.1) is 0 Å². The quantitative estimate of drug-likeness (QED) is 0.711. The molecular weight excluding hydrogens is 382 g/mol. The summed E-state index contributed by atoms with van der Waals surface area (Å²) in [5, 5.41) is 2.49. The summed E-state index contributed by atoms with van der Waals surface area (Å²) < 4.78 is 38.6. The maximum absolute atomic E-state index is 12.6. The van der Waals surface area contributed by atoms with Crippen LogP contribution in [-0.2, 0) is 6.18 Å². The van der Waals surface area contributed by atoms with Crippen molar-refractivity contribution >= 4 is 50.6 Å². The molecule has 0 fully saturated rings. The first-order valence-electron chi connectivity index (χ1n) is 5.09. The van der Waals surface area contributed by atoms with Crippen molar-refractivity contribution in [3.8, 4) is 0 Å². The average molecular weight is 387 g/mol. The van der Waals surface area contributed by atoms with Crippen LogP contribution in [0.3, 0.4) is 0 Å². The van der Waals surface area contributed by atoms with Crippen molar-refractivity contribution in [2.24, 2.45) is 0 Å². The van der Waals surface area contributed by atoms with Crippen molar-refractivity contribution in [3.05, 3.63) is 44.7 Å². The molecule has 9 heteroatoms. The molecule has 1 heterocycles.